The number of nitrogens with zero attached hydrogens (tertiary/aromatic N) is 2. The number of nitrogens with one attached hydrogen (secondary N) is 1. The summed E-state index contributed by atoms with van der Waals surface area (Å²) in [5.74, 6) is 2.31. The first-order chi connectivity index (χ1) is 9.26. The number of hydrogen-bond donors (Lipinski definition) is 1. The number of hydrogen-bond acceptors (Lipinski definition) is 4. The first-order valence-corrected chi connectivity index (χ1v) is 8.13. The Bertz CT molecular complexity index is 408. The molecule has 1 aliphatic carbocycles. The summed E-state index contributed by atoms with van der Waals surface area (Å²) in [6, 6.07) is 0. The molecule has 1 N–H and O–H groups in total. The highest BCUT2D eigenvalue weighted by molar-refractivity contribution is 14.1. The molecular formula is C14H22IN3O. The van der Waals surface area contributed by atoms with E-state index in [1.165, 1.54) is 32.1 Å². The first-order valence-electron chi connectivity index (χ1n) is 7.05. The fourth-order valence-corrected chi connectivity index (χ4v) is 3.21. The smallest absolute Gasteiger partial charge is 0.159 e. The van der Waals surface area contributed by atoms with Crippen LogP contribution < -0.4 is 5.32 Å². The van der Waals surface area contributed by atoms with Crippen LogP contribution in [0.25, 0.3) is 0 Å². The minimum absolute atomic E-state index is 0.0368. The van der Waals surface area contributed by atoms with Crippen molar-refractivity contribution < 1.29 is 4.74 Å². The molecule has 2 rings (SSSR count). The molecule has 1 atom stereocenters. The van der Waals surface area contributed by atoms with Crippen molar-refractivity contribution in [2.45, 2.75) is 45.1 Å². The molecule has 0 aromatic carbocycles. The lowest BCUT2D eigenvalue weighted by atomic mass is 9.85. The Kier molecular flexibility index (Phi) is 5.81. The van der Waals surface area contributed by atoms with E-state index in [9.17, 15) is 0 Å². The molecule has 1 aliphatic rings. The number of ether oxygens (including phenoxy) is 1. The van der Waals surface area contributed by atoms with Gasteiger partial charge in [0.15, 0.2) is 5.82 Å². The Balaban J connectivity index is 2.19. The molecule has 19 heavy (non-hydrogen) atoms. The highest BCUT2D eigenvalue weighted by Gasteiger charge is 2.27. The normalized spacial score (nSPS) is 18.3. The minimum Gasteiger partial charge on any atom is -0.373 e. The number of aromatic nitrogens is 2. The SMILES string of the molecule is CCNc1nc(C(OC)C2CCCCC2)ncc1I. The molecule has 1 heterocycles. The van der Waals surface area contributed by atoms with E-state index in [0.717, 1.165) is 21.8 Å². The van der Waals surface area contributed by atoms with Gasteiger partial charge in [-0.2, -0.15) is 0 Å². The third-order valence-corrected chi connectivity index (χ3v) is 4.48. The van der Waals surface area contributed by atoms with Gasteiger partial charge in [-0.15, -0.1) is 0 Å². The van der Waals surface area contributed by atoms with Crippen LogP contribution in [-0.2, 0) is 4.74 Å². The molecule has 1 saturated carbocycles. The quantitative estimate of drug-likeness (QED) is 0.796. The molecule has 4 nitrogen and oxygen atoms in total. The Morgan fingerprint density at radius 3 is 2.79 bits per heavy atom. The molecule has 1 aromatic rings. The van der Waals surface area contributed by atoms with E-state index in [4.69, 9.17) is 4.74 Å². The summed E-state index contributed by atoms with van der Waals surface area (Å²) in [7, 11) is 1.77. The summed E-state index contributed by atoms with van der Waals surface area (Å²) in [5, 5.41) is 3.28. The Morgan fingerprint density at radius 1 is 1.42 bits per heavy atom. The molecule has 1 aromatic heterocycles. The molecule has 0 bridgehead atoms. The van der Waals surface area contributed by atoms with Crippen LogP contribution in [-0.4, -0.2) is 23.6 Å². The summed E-state index contributed by atoms with van der Waals surface area (Å²) >= 11 is 2.26. The van der Waals surface area contributed by atoms with Gasteiger partial charge in [0.2, 0.25) is 0 Å². The summed E-state index contributed by atoms with van der Waals surface area (Å²) < 4.78 is 6.75. The van der Waals surface area contributed by atoms with Crippen LogP contribution in [0.15, 0.2) is 6.20 Å². The van der Waals surface area contributed by atoms with Crippen molar-refractivity contribution in [2.24, 2.45) is 5.92 Å². The highest BCUT2D eigenvalue weighted by Crippen LogP contribution is 2.35. The topological polar surface area (TPSA) is 47.0 Å². The predicted octanol–water partition coefficient (Wildman–Crippen LogP) is 3.78. The monoisotopic (exact) mass is 375 g/mol. The average Bonchev–Trinajstić information content (AvgIpc) is 2.44. The zero-order valence-corrected chi connectivity index (χ0v) is 13.8. The van der Waals surface area contributed by atoms with Crippen molar-refractivity contribution in [3.63, 3.8) is 0 Å². The van der Waals surface area contributed by atoms with Gasteiger partial charge in [0, 0.05) is 19.9 Å². The maximum absolute atomic E-state index is 5.69. The van der Waals surface area contributed by atoms with Crippen LogP contribution in [0, 0.1) is 9.49 Å². The van der Waals surface area contributed by atoms with Gasteiger partial charge in [0.1, 0.15) is 11.9 Å². The van der Waals surface area contributed by atoms with Crippen molar-refractivity contribution in [2.75, 3.05) is 19.0 Å². The van der Waals surface area contributed by atoms with Gasteiger partial charge < -0.3 is 10.1 Å². The Labute approximate surface area is 128 Å². The van der Waals surface area contributed by atoms with Crippen molar-refractivity contribution in [1.82, 2.24) is 9.97 Å². The minimum atomic E-state index is 0.0368. The third kappa shape index (κ3) is 3.78. The van der Waals surface area contributed by atoms with E-state index in [0.29, 0.717) is 5.92 Å². The van der Waals surface area contributed by atoms with Gasteiger partial charge >= 0.3 is 0 Å². The maximum atomic E-state index is 5.69. The largest absolute Gasteiger partial charge is 0.373 e. The molecule has 0 radical (unpaired) electrons. The molecular weight excluding hydrogens is 353 g/mol. The predicted molar refractivity (Wildman–Crippen MR) is 85.2 cm³/mol. The van der Waals surface area contributed by atoms with E-state index in [1.54, 1.807) is 7.11 Å². The number of halogens is 1. The van der Waals surface area contributed by atoms with Crippen molar-refractivity contribution in [3.8, 4) is 0 Å². The lowest BCUT2D eigenvalue weighted by molar-refractivity contribution is 0.0290. The van der Waals surface area contributed by atoms with E-state index < -0.39 is 0 Å². The molecule has 1 fully saturated rings. The summed E-state index contributed by atoms with van der Waals surface area (Å²) in [6.07, 6.45) is 8.33. The lowest BCUT2D eigenvalue weighted by Crippen LogP contribution is -2.21. The lowest BCUT2D eigenvalue weighted by Gasteiger charge is -2.28. The van der Waals surface area contributed by atoms with E-state index in [2.05, 4.69) is 44.8 Å². The van der Waals surface area contributed by atoms with Gasteiger partial charge in [-0.05, 0) is 48.3 Å². The molecule has 0 aliphatic heterocycles. The second-order valence-corrected chi connectivity index (χ2v) is 6.17. The summed E-state index contributed by atoms with van der Waals surface area (Å²) in [6.45, 7) is 2.94. The number of methoxy groups -OCH3 is 1. The zero-order valence-electron chi connectivity index (χ0n) is 11.7. The number of rotatable bonds is 5. The third-order valence-electron chi connectivity index (χ3n) is 3.69. The van der Waals surface area contributed by atoms with Crippen molar-refractivity contribution in [3.05, 3.63) is 15.6 Å². The van der Waals surface area contributed by atoms with Crippen molar-refractivity contribution in [1.29, 1.82) is 0 Å². The van der Waals surface area contributed by atoms with Crippen LogP contribution in [0.4, 0.5) is 5.82 Å². The molecule has 0 amide bonds. The standard InChI is InChI=1S/C14H22IN3O/c1-3-16-13-11(15)9-17-14(18-13)12(19-2)10-7-5-4-6-8-10/h9-10,12H,3-8H2,1-2H3,(H,16,17,18). The molecule has 0 spiro atoms. The van der Waals surface area contributed by atoms with Gasteiger partial charge in [0.25, 0.3) is 0 Å². The highest BCUT2D eigenvalue weighted by atomic mass is 127. The van der Waals surface area contributed by atoms with Crippen LogP contribution in [0.1, 0.15) is 51.0 Å². The average molecular weight is 375 g/mol. The zero-order chi connectivity index (χ0) is 13.7. The molecule has 1 unspecified atom stereocenters. The molecule has 5 heteroatoms. The Morgan fingerprint density at radius 2 is 2.16 bits per heavy atom. The van der Waals surface area contributed by atoms with Crippen LogP contribution in [0.3, 0.4) is 0 Å². The van der Waals surface area contributed by atoms with Gasteiger partial charge in [-0.3, -0.25) is 0 Å². The van der Waals surface area contributed by atoms with E-state index >= 15 is 0 Å². The van der Waals surface area contributed by atoms with E-state index in [1.807, 2.05) is 6.20 Å². The van der Waals surface area contributed by atoms with Gasteiger partial charge in [-0.1, -0.05) is 19.3 Å². The second-order valence-electron chi connectivity index (χ2n) is 5.01. The molecule has 0 saturated heterocycles. The van der Waals surface area contributed by atoms with Gasteiger partial charge in [-0.25, -0.2) is 9.97 Å². The first kappa shape index (κ1) is 15.0. The van der Waals surface area contributed by atoms with Crippen molar-refractivity contribution >= 4 is 28.4 Å². The Hall–Kier alpha value is -0.430. The maximum Gasteiger partial charge on any atom is 0.159 e. The summed E-state index contributed by atoms with van der Waals surface area (Å²) in [5.41, 5.74) is 0. The molecule has 106 valence electrons. The van der Waals surface area contributed by atoms with Crippen LogP contribution in [0.5, 0.6) is 0 Å². The second kappa shape index (κ2) is 7.38. The van der Waals surface area contributed by atoms with Crippen LogP contribution >= 0.6 is 22.6 Å². The summed E-state index contributed by atoms with van der Waals surface area (Å²) in [4.78, 5) is 9.14. The number of anilines is 1. The fourth-order valence-electron chi connectivity index (χ4n) is 2.75. The fraction of sp³-hybridized carbons (Fsp3) is 0.714. The van der Waals surface area contributed by atoms with Crippen LogP contribution in [0.2, 0.25) is 0 Å². The van der Waals surface area contributed by atoms with Gasteiger partial charge in [0.05, 0.1) is 3.57 Å². The van der Waals surface area contributed by atoms with E-state index in [-0.39, 0.29) is 6.10 Å².